The standard InChI is InChI=1S/C19H16ClN3O2S/c1-11(24)21-14-6-7-15-16(10-14)26-18(22-15)23-17(25)19(8-9-19)12-2-4-13(20)5-3-12/h2-7,10H,8-9H2,1H3,(H,21,24)(H,22,23,25). The summed E-state index contributed by atoms with van der Waals surface area (Å²) in [7, 11) is 0. The summed E-state index contributed by atoms with van der Waals surface area (Å²) in [5.74, 6) is -0.165. The second kappa shape index (κ2) is 6.37. The van der Waals surface area contributed by atoms with Crippen LogP contribution < -0.4 is 10.6 Å². The number of rotatable bonds is 4. The molecule has 0 radical (unpaired) electrons. The highest BCUT2D eigenvalue weighted by Gasteiger charge is 2.51. The number of nitrogens with one attached hydrogen (secondary N) is 2. The second-order valence-electron chi connectivity index (χ2n) is 6.43. The second-order valence-corrected chi connectivity index (χ2v) is 7.89. The largest absolute Gasteiger partial charge is 0.326 e. The molecular formula is C19H16ClN3O2S. The summed E-state index contributed by atoms with van der Waals surface area (Å²) >= 11 is 7.34. The number of hydrogen-bond acceptors (Lipinski definition) is 4. The van der Waals surface area contributed by atoms with Gasteiger partial charge in [0, 0.05) is 17.6 Å². The Hall–Kier alpha value is -2.44. The van der Waals surface area contributed by atoms with Gasteiger partial charge in [-0.1, -0.05) is 35.1 Å². The summed E-state index contributed by atoms with van der Waals surface area (Å²) in [4.78, 5) is 28.5. The van der Waals surface area contributed by atoms with Gasteiger partial charge in [-0.25, -0.2) is 4.98 Å². The molecule has 2 aromatic carbocycles. The first-order valence-electron chi connectivity index (χ1n) is 8.22. The predicted molar refractivity (Wildman–Crippen MR) is 105 cm³/mol. The molecule has 0 spiro atoms. The third-order valence-corrected chi connectivity index (χ3v) is 5.70. The normalized spacial score (nSPS) is 14.8. The van der Waals surface area contributed by atoms with Gasteiger partial charge in [0.1, 0.15) is 0 Å². The fourth-order valence-corrected chi connectivity index (χ4v) is 4.04. The van der Waals surface area contributed by atoms with Gasteiger partial charge in [-0.05, 0) is 48.7 Å². The molecule has 1 heterocycles. The van der Waals surface area contributed by atoms with Gasteiger partial charge in [-0.15, -0.1) is 0 Å². The molecule has 132 valence electrons. The van der Waals surface area contributed by atoms with E-state index in [-0.39, 0.29) is 11.8 Å². The maximum atomic E-state index is 12.8. The van der Waals surface area contributed by atoms with Gasteiger partial charge in [0.25, 0.3) is 0 Å². The van der Waals surface area contributed by atoms with Gasteiger partial charge >= 0.3 is 0 Å². The molecule has 7 heteroatoms. The van der Waals surface area contributed by atoms with Gasteiger partial charge in [-0.2, -0.15) is 0 Å². The van der Waals surface area contributed by atoms with Crippen molar-refractivity contribution in [3.8, 4) is 0 Å². The number of carbonyl (C=O) groups is 2. The van der Waals surface area contributed by atoms with Gasteiger partial charge in [0.05, 0.1) is 15.6 Å². The number of aromatic nitrogens is 1. The molecule has 1 aliphatic rings. The smallest absolute Gasteiger partial charge is 0.236 e. The molecule has 0 aliphatic heterocycles. The Bertz CT molecular complexity index is 1010. The number of anilines is 2. The molecule has 2 amide bonds. The highest BCUT2D eigenvalue weighted by Crippen LogP contribution is 2.49. The van der Waals surface area contributed by atoms with Crippen molar-refractivity contribution in [3.63, 3.8) is 0 Å². The van der Waals surface area contributed by atoms with Crippen molar-refractivity contribution in [3.05, 3.63) is 53.1 Å². The average Bonchev–Trinajstić information content (AvgIpc) is 3.30. The topological polar surface area (TPSA) is 71.1 Å². The zero-order valence-corrected chi connectivity index (χ0v) is 15.6. The summed E-state index contributed by atoms with van der Waals surface area (Å²) < 4.78 is 0.905. The fourth-order valence-electron chi connectivity index (χ4n) is 3.02. The molecule has 1 aromatic heterocycles. The minimum Gasteiger partial charge on any atom is -0.326 e. The maximum Gasteiger partial charge on any atom is 0.236 e. The van der Waals surface area contributed by atoms with Crippen molar-refractivity contribution < 1.29 is 9.59 Å². The lowest BCUT2D eigenvalue weighted by molar-refractivity contribution is -0.118. The lowest BCUT2D eigenvalue weighted by Gasteiger charge is -2.14. The monoisotopic (exact) mass is 385 g/mol. The number of thiazole rings is 1. The molecule has 1 fully saturated rings. The first-order valence-corrected chi connectivity index (χ1v) is 9.41. The van der Waals surface area contributed by atoms with E-state index < -0.39 is 5.41 Å². The van der Waals surface area contributed by atoms with Crippen LogP contribution in [0.5, 0.6) is 0 Å². The summed E-state index contributed by atoms with van der Waals surface area (Å²) in [6.45, 7) is 1.47. The van der Waals surface area contributed by atoms with Gasteiger partial charge in [-0.3, -0.25) is 9.59 Å². The molecule has 0 bridgehead atoms. The summed E-state index contributed by atoms with van der Waals surface area (Å²) in [6.07, 6.45) is 1.64. The lowest BCUT2D eigenvalue weighted by atomic mass is 9.95. The Kier molecular flexibility index (Phi) is 4.17. The number of benzene rings is 2. The molecule has 5 nitrogen and oxygen atoms in total. The van der Waals surface area contributed by atoms with Crippen LogP contribution >= 0.6 is 22.9 Å². The molecule has 0 saturated heterocycles. The molecule has 26 heavy (non-hydrogen) atoms. The van der Waals surface area contributed by atoms with Gasteiger partial charge in [0.2, 0.25) is 11.8 Å². The number of carbonyl (C=O) groups excluding carboxylic acids is 2. The van der Waals surface area contributed by atoms with E-state index in [4.69, 9.17) is 11.6 Å². The number of fused-ring (bicyclic) bond motifs is 1. The zero-order valence-electron chi connectivity index (χ0n) is 14.0. The number of nitrogens with zero attached hydrogens (tertiary/aromatic N) is 1. The Labute approximate surface area is 159 Å². The molecule has 0 atom stereocenters. The summed E-state index contributed by atoms with van der Waals surface area (Å²) in [5.41, 5.74) is 2.00. The SMILES string of the molecule is CC(=O)Nc1ccc2nc(NC(=O)C3(c4ccc(Cl)cc4)CC3)sc2c1. The molecule has 2 N–H and O–H groups in total. The van der Waals surface area contributed by atoms with Crippen LogP contribution in [0.25, 0.3) is 10.2 Å². The van der Waals surface area contributed by atoms with Crippen molar-refractivity contribution in [1.29, 1.82) is 0 Å². The van der Waals surface area contributed by atoms with Gasteiger partial charge < -0.3 is 10.6 Å². The Balaban J connectivity index is 1.56. The third-order valence-electron chi connectivity index (χ3n) is 4.51. The Morgan fingerprint density at radius 2 is 1.85 bits per heavy atom. The van der Waals surface area contributed by atoms with Crippen LogP contribution in [-0.2, 0) is 15.0 Å². The van der Waals surface area contributed by atoms with Crippen molar-refractivity contribution in [2.45, 2.75) is 25.2 Å². The van der Waals surface area contributed by atoms with Crippen LogP contribution in [0.1, 0.15) is 25.3 Å². The molecule has 3 aromatic rings. The van der Waals surface area contributed by atoms with Crippen LogP contribution in [0, 0.1) is 0 Å². The molecule has 4 rings (SSSR count). The van der Waals surface area contributed by atoms with E-state index in [0.717, 1.165) is 28.6 Å². The van der Waals surface area contributed by atoms with E-state index in [9.17, 15) is 9.59 Å². The Morgan fingerprint density at radius 3 is 2.50 bits per heavy atom. The Morgan fingerprint density at radius 1 is 1.12 bits per heavy atom. The molecule has 1 aliphatic carbocycles. The third kappa shape index (κ3) is 3.18. The van der Waals surface area contributed by atoms with E-state index in [1.54, 1.807) is 6.07 Å². The maximum absolute atomic E-state index is 12.8. The van der Waals surface area contributed by atoms with E-state index in [0.29, 0.717) is 15.8 Å². The first-order chi connectivity index (χ1) is 12.5. The first kappa shape index (κ1) is 17.0. The summed E-state index contributed by atoms with van der Waals surface area (Å²) in [6, 6.07) is 12.9. The minimum atomic E-state index is -0.482. The van der Waals surface area contributed by atoms with Crippen molar-refractivity contribution in [2.24, 2.45) is 0 Å². The number of amides is 2. The zero-order chi connectivity index (χ0) is 18.3. The van der Waals surface area contributed by atoms with Gasteiger partial charge in [0.15, 0.2) is 5.13 Å². The van der Waals surface area contributed by atoms with Crippen LogP contribution in [0.2, 0.25) is 5.02 Å². The van der Waals surface area contributed by atoms with E-state index in [1.807, 2.05) is 36.4 Å². The lowest BCUT2D eigenvalue weighted by Crippen LogP contribution is -2.27. The fraction of sp³-hybridized carbons (Fsp3) is 0.211. The van der Waals surface area contributed by atoms with E-state index in [1.165, 1.54) is 18.3 Å². The minimum absolute atomic E-state index is 0.0408. The molecular weight excluding hydrogens is 370 g/mol. The van der Waals surface area contributed by atoms with Crippen molar-refractivity contribution in [1.82, 2.24) is 4.98 Å². The molecule has 0 unspecified atom stereocenters. The highest BCUT2D eigenvalue weighted by atomic mass is 35.5. The van der Waals surface area contributed by atoms with Crippen LogP contribution in [0.15, 0.2) is 42.5 Å². The predicted octanol–water partition coefficient (Wildman–Crippen LogP) is 4.58. The average molecular weight is 386 g/mol. The summed E-state index contributed by atoms with van der Waals surface area (Å²) in [5, 5.41) is 6.92. The van der Waals surface area contributed by atoms with Crippen LogP contribution in [0.4, 0.5) is 10.8 Å². The molecule has 1 saturated carbocycles. The number of hydrogen-bond donors (Lipinski definition) is 2. The van der Waals surface area contributed by atoms with E-state index >= 15 is 0 Å². The van der Waals surface area contributed by atoms with Crippen LogP contribution in [-0.4, -0.2) is 16.8 Å². The number of halogens is 1. The highest BCUT2D eigenvalue weighted by molar-refractivity contribution is 7.22. The van der Waals surface area contributed by atoms with Crippen molar-refractivity contribution in [2.75, 3.05) is 10.6 Å². The van der Waals surface area contributed by atoms with Crippen molar-refractivity contribution >= 4 is 55.8 Å². The van der Waals surface area contributed by atoms with Crippen LogP contribution in [0.3, 0.4) is 0 Å². The van der Waals surface area contributed by atoms with E-state index in [2.05, 4.69) is 15.6 Å². The quantitative estimate of drug-likeness (QED) is 0.690.